The van der Waals surface area contributed by atoms with Crippen molar-refractivity contribution in [2.45, 2.75) is 12.3 Å². The van der Waals surface area contributed by atoms with Crippen molar-refractivity contribution >= 4 is 5.91 Å². The Hall–Kier alpha value is -3.00. The number of carbonyl (C=O) groups excluding carboxylic acids is 1. The zero-order valence-electron chi connectivity index (χ0n) is 13.4. The summed E-state index contributed by atoms with van der Waals surface area (Å²) in [7, 11) is 1.38. The zero-order valence-corrected chi connectivity index (χ0v) is 13.4. The second-order valence-corrected chi connectivity index (χ2v) is 5.84. The third-order valence-corrected chi connectivity index (χ3v) is 4.39. The second-order valence-electron chi connectivity index (χ2n) is 5.84. The molecular weight excluding hydrogens is 304 g/mol. The number of nitriles is 1. The van der Waals surface area contributed by atoms with Crippen molar-refractivity contribution in [2.24, 2.45) is 0 Å². The van der Waals surface area contributed by atoms with Gasteiger partial charge in [0.25, 0.3) is 5.91 Å². The predicted molar refractivity (Wildman–Crippen MR) is 89.1 cm³/mol. The van der Waals surface area contributed by atoms with Gasteiger partial charge in [-0.3, -0.25) is 4.79 Å². The highest BCUT2D eigenvalue weighted by molar-refractivity contribution is 5.95. The number of carbonyl (C=O) groups is 1. The highest BCUT2D eigenvalue weighted by Gasteiger charge is 2.28. The smallest absolute Gasteiger partial charge is 0.254 e. The van der Waals surface area contributed by atoms with E-state index in [0.29, 0.717) is 24.6 Å². The first-order chi connectivity index (χ1) is 11.6. The van der Waals surface area contributed by atoms with Crippen LogP contribution in [0.2, 0.25) is 0 Å². The Kier molecular flexibility index (Phi) is 4.39. The van der Waals surface area contributed by atoms with Crippen LogP contribution in [0.1, 0.15) is 33.8 Å². The van der Waals surface area contributed by atoms with Gasteiger partial charge >= 0.3 is 0 Å². The number of phenols is 1. The van der Waals surface area contributed by atoms with Gasteiger partial charge in [-0.25, -0.2) is 0 Å². The number of likely N-dealkylation sites (tertiary alicyclic amines) is 1. The Morgan fingerprint density at radius 1 is 1.33 bits per heavy atom. The van der Waals surface area contributed by atoms with Crippen LogP contribution < -0.4 is 4.74 Å². The van der Waals surface area contributed by atoms with Crippen LogP contribution in [0.15, 0.2) is 42.5 Å². The number of rotatable bonds is 3. The van der Waals surface area contributed by atoms with Gasteiger partial charge in [0.05, 0.1) is 12.7 Å². The van der Waals surface area contributed by atoms with E-state index in [0.717, 1.165) is 6.42 Å². The van der Waals surface area contributed by atoms with Crippen molar-refractivity contribution in [3.05, 3.63) is 59.2 Å². The molecule has 0 aromatic heterocycles. The molecule has 0 aliphatic carbocycles. The largest absolute Gasteiger partial charge is 0.504 e. The number of nitrogens with zero attached hydrogens (tertiary/aromatic N) is 2. The first-order valence-corrected chi connectivity index (χ1v) is 7.79. The molecule has 1 heterocycles. The number of hydrogen-bond acceptors (Lipinski definition) is 4. The van der Waals surface area contributed by atoms with Crippen molar-refractivity contribution in [1.29, 1.82) is 5.26 Å². The molecule has 24 heavy (non-hydrogen) atoms. The maximum Gasteiger partial charge on any atom is 0.254 e. The minimum absolute atomic E-state index is 0.0950. The summed E-state index contributed by atoms with van der Waals surface area (Å²) in [6.45, 7) is 1.30. The fourth-order valence-electron chi connectivity index (χ4n) is 3.16. The molecule has 1 fully saturated rings. The number of methoxy groups -OCH3 is 1. The summed E-state index contributed by atoms with van der Waals surface area (Å²) in [5.41, 5.74) is 1.68. The minimum atomic E-state index is -0.196. The number of phenolic OH excluding ortho intramolecular Hbond substituents is 1. The summed E-state index contributed by atoms with van der Waals surface area (Å²) in [5.74, 6) is 0.0386. The standard InChI is InChI=1S/C19H18N2O3/c1-24-18-16(11-20)9-15(10-17(18)22)19(23)21-8-7-14(12-21)13-5-3-2-4-6-13/h2-6,9-10,14,22H,7-8,12H2,1H3. The fourth-order valence-corrected chi connectivity index (χ4v) is 3.16. The summed E-state index contributed by atoms with van der Waals surface area (Å²) in [6, 6.07) is 14.9. The first-order valence-electron chi connectivity index (χ1n) is 7.79. The Morgan fingerprint density at radius 2 is 2.08 bits per heavy atom. The highest BCUT2D eigenvalue weighted by atomic mass is 16.5. The average molecular weight is 322 g/mol. The molecule has 0 bridgehead atoms. The number of hydrogen-bond donors (Lipinski definition) is 1. The van der Waals surface area contributed by atoms with E-state index < -0.39 is 0 Å². The molecule has 1 atom stereocenters. The van der Waals surface area contributed by atoms with E-state index in [1.807, 2.05) is 24.3 Å². The Labute approximate surface area is 140 Å². The van der Waals surface area contributed by atoms with E-state index in [-0.39, 0.29) is 23.0 Å². The molecule has 5 nitrogen and oxygen atoms in total. The maximum absolute atomic E-state index is 12.7. The molecule has 3 rings (SSSR count). The lowest BCUT2D eigenvalue weighted by atomic mass is 9.99. The van der Waals surface area contributed by atoms with Gasteiger partial charge in [0.1, 0.15) is 6.07 Å². The van der Waals surface area contributed by atoms with Gasteiger partial charge in [-0.15, -0.1) is 0 Å². The number of benzene rings is 2. The molecule has 1 amide bonds. The SMILES string of the molecule is COc1c(O)cc(C(=O)N2CCC(c3ccccc3)C2)cc1C#N. The molecular formula is C19H18N2O3. The van der Waals surface area contributed by atoms with E-state index in [1.54, 1.807) is 4.90 Å². The van der Waals surface area contributed by atoms with Crippen molar-refractivity contribution < 1.29 is 14.6 Å². The average Bonchev–Trinajstić information content (AvgIpc) is 3.11. The fraction of sp³-hybridized carbons (Fsp3) is 0.263. The summed E-state index contributed by atoms with van der Waals surface area (Å²) in [5, 5.41) is 19.1. The molecule has 1 unspecified atom stereocenters. The van der Waals surface area contributed by atoms with Crippen molar-refractivity contribution in [3.8, 4) is 17.6 Å². The molecule has 1 aliphatic heterocycles. The molecule has 122 valence electrons. The Morgan fingerprint density at radius 3 is 2.75 bits per heavy atom. The van der Waals surface area contributed by atoms with E-state index in [9.17, 15) is 15.2 Å². The lowest BCUT2D eigenvalue weighted by molar-refractivity contribution is 0.0790. The lowest BCUT2D eigenvalue weighted by Gasteiger charge is -2.18. The number of aromatic hydroxyl groups is 1. The second kappa shape index (κ2) is 6.63. The molecule has 0 saturated carbocycles. The highest BCUT2D eigenvalue weighted by Crippen LogP contribution is 2.33. The molecule has 5 heteroatoms. The van der Waals surface area contributed by atoms with Crippen LogP contribution in [0.25, 0.3) is 0 Å². The minimum Gasteiger partial charge on any atom is -0.504 e. The van der Waals surface area contributed by atoms with Gasteiger partial charge in [-0.05, 0) is 24.1 Å². The maximum atomic E-state index is 12.7. The van der Waals surface area contributed by atoms with E-state index in [2.05, 4.69) is 12.1 Å². The summed E-state index contributed by atoms with van der Waals surface area (Å²) in [6.07, 6.45) is 0.906. The number of amides is 1. The summed E-state index contributed by atoms with van der Waals surface area (Å²) in [4.78, 5) is 14.5. The van der Waals surface area contributed by atoms with Crippen LogP contribution in [0.4, 0.5) is 0 Å². The van der Waals surface area contributed by atoms with Crippen LogP contribution in [-0.2, 0) is 0 Å². The van der Waals surface area contributed by atoms with Crippen LogP contribution in [-0.4, -0.2) is 36.1 Å². The van der Waals surface area contributed by atoms with Crippen LogP contribution >= 0.6 is 0 Å². The van der Waals surface area contributed by atoms with Crippen molar-refractivity contribution in [3.63, 3.8) is 0 Å². The van der Waals surface area contributed by atoms with E-state index >= 15 is 0 Å². The van der Waals surface area contributed by atoms with Gasteiger partial charge < -0.3 is 14.7 Å². The van der Waals surface area contributed by atoms with Gasteiger partial charge in [0, 0.05) is 24.6 Å². The normalized spacial score (nSPS) is 16.7. The van der Waals surface area contributed by atoms with E-state index in [4.69, 9.17) is 4.74 Å². The summed E-state index contributed by atoms with van der Waals surface area (Å²) < 4.78 is 5.00. The molecule has 1 N–H and O–H groups in total. The molecule has 1 aliphatic rings. The van der Waals surface area contributed by atoms with Crippen LogP contribution in [0, 0.1) is 11.3 Å². The van der Waals surface area contributed by atoms with Gasteiger partial charge in [0.2, 0.25) is 0 Å². The third kappa shape index (κ3) is 2.91. The van der Waals surface area contributed by atoms with Gasteiger partial charge in [-0.2, -0.15) is 5.26 Å². The van der Waals surface area contributed by atoms with Crippen LogP contribution in [0.3, 0.4) is 0 Å². The first kappa shape index (κ1) is 15.9. The van der Waals surface area contributed by atoms with Crippen molar-refractivity contribution in [2.75, 3.05) is 20.2 Å². The van der Waals surface area contributed by atoms with Gasteiger partial charge in [-0.1, -0.05) is 30.3 Å². The predicted octanol–water partition coefficient (Wildman–Crippen LogP) is 2.90. The zero-order chi connectivity index (χ0) is 17.1. The van der Waals surface area contributed by atoms with E-state index in [1.165, 1.54) is 24.8 Å². The Bertz CT molecular complexity index is 796. The molecule has 0 radical (unpaired) electrons. The number of ether oxygens (including phenoxy) is 1. The monoisotopic (exact) mass is 322 g/mol. The Balaban J connectivity index is 1.81. The lowest BCUT2D eigenvalue weighted by Crippen LogP contribution is -2.28. The molecule has 1 saturated heterocycles. The van der Waals surface area contributed by atoms with Crippen LogP contribution in [0.5, 0.6) is 11.5 Å². The van der Waals surface area contributed by atoms with Crippen molar-refractivity contribution in [1.82, 2.24) is 4.90 Å². The van der Waals surface area contributed by atoms with Gasteiger partial charge in [0.15, 0.2) is 11.5 Å². The summed E-state index contributed by atoms with van der Waals surface area (Å²) >= 11 is 0. The quantitative estimate of drug-likeness (QED) is 0.943. The topological polar surface area (TPSA) is 73.6 Å². The molecule has 2 aromatic carbocycles. The molecule has 0 spiro atoms. The third-order valence-electron chi connectivity index (χ3n) is 4.39. The molecule has 2 aromatic rings.